The number of benzene rings is 1. The van der Waals surface area contributed by atoms with Crippen LogP contribution in [-0.2, 0) is 11.3 Å². The van der Waals surface area contributed by atoms with Gasteiger partial charge in [0.15, 0.2) is 0 Å². The Hall–Kier alpha value is -2.97. The summed E-state index contributed by atoms with van der Waals surface area (Å²) in [6.45, 7) is 0.331. The molecule has 0 spiro atoms. The average Bonchev–Trinajstić information content (AvgIpc) is 3.07. The molecular weight excluding hydrogens is 358 g/mol. The van der Waals surface area contributed by atoms with Crippen LogP contribution in [0.4, 0.5) is 8.78 Å². The Labute approximate surface area is 153 Å². The highest BCUT2D eigenvalue weighted by molar-refractivity contribution is 5.95. The Morgan fingerprint density at radius 1 is 1.26 bits per heavy atom. The summed E-state index contributed by atoms with van der Waals surface area (Å²) in [7, 11) is 0. The van der Waals surface area contributed by atoms with E-state index in [1.165, 1.54) is 27.9 Å². The monoisotopic (exact) mass is 376 g/mol. The highest BCUT2D eigenvalue weighted by Gasteiger charge is 2.47. The molecule has 0 saturated heterocycles. The zero-order chi connectivity index (χ0) is 19.2. The van der Waals surface area contributed by atoms with E-state index in [-0.39, 0.29) is 37.6 Å². The van der Waals surface area contributed by atoms with E-state index < -0.39 is 23.9 Å². The maximum absolute atomic E-state index is 13.0. The first-order valence-corrected chi connectivity index (χ1v) is 8.61. The largest absolute Gasteiger partial charge is 0.508 e. The zero-order valence-corrected chi connectivity index (χ0v) is 14.3. The van der Waals surface area contributed by atoms with Gasteiger partial charge in [0.2, 0.25) is 5.91 Å². The number of alkyl halides is 2. The molecule has 7 nitrogen and oxygen atoms in total. The Morgan fingerprint density at radius 2 is 2.04 bits per heavy atom. The van der Waals surface area contributed by atoms with Crippen molar-refractivity contribution in [3.05, 3.63) is 47.8 Å². The lowest BCUT2D eigenvalue weighted by Gasteiger charge is -2.38. The highest BCUT2D eigenvalue weighted by Crippen LogP contribution is 2.37. The lowest BCUT2D eigenvalue weighted by molar-refractivity contribution is -0.133. The van der Waals surface area contributed by atoms with Gasteiger partial charge in [0.25, 0.3) is 11.8 Å². The van der Waals surface area contributed by atoms with Crippen LogP contribution in [-0.4, -0.2) is 50.1 Å². The van der Waals surface area contributed by atoms with Crippen molar-refractivity contribution in [2.45, 2.75) is 37.4 Å². The second-order valence-corrected chi connectivity index (χ2v) is 6.99. The molecule has 1 aromatic heterocycles. The fourth-order valence-corrected chi connectivity index (χ4v) is 3.52. The number of rotatable bonds is 3. The van der Waals surface area contributed by atoms with Gasteiger partial charge in [-0.2, -0.15) is 5.10 Å². The number of nitrogens with zero attached hydrogens (tertiary/aromatic N) is 3. The number of hydrogen-bond acceptors (Lipinski definition) is 4. The van der Waals surface area contributed by atoms with E-state index in [0.29, 0.717) is 11.3 Å². The van der Waals surface area contributed by atoms with Crippen LogP contribution in [0.3, 0.4) is 0 Å². The van der Waals surface area contributed by atoms with E-state index in [1.807, 2.05) is 0 Å². The van der Waals surface area contributed by atoms with Crippen LogP contribution in [0.2, 0.25) is 0 Å². The third-order valence-corrected chi connectivity index (χ3v) is 4.91. The summed E-state index contributed by atoms with van der Waals surface area (Å²) in [5.41, 5.74) is 0.981. The minimum atomic E-state index is -2.72. The molecule has 0 unspecified atom stereocenters. The van der Waals surface area contributed by atoms with Gasteiger partial charge in [0, 0.05) is 30.6 Å². The molecule has 2 amide bonds. The zero-order valence-electron chi connectivity index (χ0n) is 14.3. The van der Waals surface area contributed by atoms with Gasteiger partial charge in [-0.05, 0) is 24.3 Å². The molecule has 9 heteroatoms. The first-order chi connectivity index (χ1) is 12.8. The Kier molecular flexibility index (Phi) is 4.09. The van der Waals surface area contributed by atoms with Crippen molar-refractivity contribution in [2.24, 2.45) is 0 Å². The third-order valence-electron chi connectivity index (χ3n) is 4.91. The van der Waals surface area contributed by atoms with Crippen LogP contribution in [0.15, 0.2) is 36.5 Å². The molecule has 1 aromatic carbocycles. The number of aromatic nitrogens is 2. The van der Waals surface area contributed by atoms with Crippen LogP contribution in [0.25, 0.3) is 0 Å². The predicted molar refractivity (Wildman–Crippen MR) is 90.2 cm³/mol. The molecule has 2 aromatic rings. The van der Waals surface area contributed by atoms with Gasteiger partial charge in [0.1, 0.15) is 11.8 Å². The fourth-order valence-electron chi connectivity index (χ4n) is 3.52. The van der Waals surface area contributed by atoms with Crippen molar-refractivity contribution in [1.82, 2.24) is 20.0 Å². The standard InChI is InChI=1S/C18H18F2N4O3/c19-18(20)7-12(8-18)22-16(26)15-10-23(9-13-4-5-21-24(13)15)17(27)11-2-1-3-14(25)6-11/h1-6,12,15,25H,7-10H2,(H,22,26)/t15-/m0/s1. The second kappa shape index (κ2) is 6.33. The molecule has 1 saturated carbocycles. The van der Waals surface area contributed by atoms with Gasteiger partial charge in [-0.1, -0.05) is 6.07 Å². The number of carbonyl (C=O) groups excluding carboxylic acids is 2. The van der Waals surface area contributed by atoms with Gasteiger partial charge >= 0.3 is 0 Å². The molecule has 1 aliphatic carbocycles. The molecule has 2 aliphatic rings. The molecule has 27 heavy (non-hydrogen) atoms. The van der Waals surface area contributed by atoms with Gasteiger partial charge in [0.05, 0.1) is 18.8 Å². The topological polar surface area (TPSA) is 87.5 Å². The van der Waals surface area contributed by atoms with Crippen molar-refractivity contribution in [3.63, 3.8) is 0 Å². The Morgan fingerprint density at radius 3 is 2.74 bits per heavy atom. The maximum Gasteiger partial charge on any atom is 0.254 e. The number of aromatic hydroxyl groups is 1. The number of halogens is 2. The van der Waals surface area contributed by atoms with Gasteiger partial charge in [-0.15, -0.1) is 0 Å². The molecule has 4 rings (SSSR count). The quantitative estimate of drug-likeness (QED) is 0.854. The SMILES string of the molecule is O=C(NC1CC(F)(F)C1)[C@@H]1CN(C(=O)c2cccc(O)c2)Cc2ccnn21. The molecule has 1 atom stereocenters. The van der Waals surface area contributed by atoms with E-state index in [9.17, 15) is 23.5 Å². The number of fused-ring (bicyclic) bond motifs is 1. The van der Waals surface area contributed by atoms with Gasteiger partial charge < -0.3 is 15.3 Å². The van der Waals surface area contributed by atoms with Crippen LogP contribution < -0.4 is 5.32 Å². The summed E-state index contributed by atoms with van der Waals surface area (Å²) in [5.74, 6) is -3.51. The van der Waals surface area contributed by atoms with Crippen LogP contribution in [0, 0.1) is 0 Å². The summed E-state index contributed by atoms with van der Waals surface area (Å²) in [5, 5.41) is 16.4. The fraction of sp³-hybridized carbons (Fsp3) is 0.389. The van der Waals surface area contributed by atoms with Crippen LogP contribution in [0.5, 0.6) is 5.75 Å². The minimum Gasteiger partial charge on any atom is -0.508 e. The minimum absolute atomic E-state index is 0.0249. The van der Waals surface area contributed by atoms with Crippen molar-refractivity contribution < 1.29 is 23.5 Å². The highest BCUT2D eigenvalue weighted by atomic mass is 19.3. The lowest BCUT2D eigenvalue weighted by Crippen LogP contribution is -2.54. The first kappa shape index (κ1) is 17.4. The van der Waals surface area contributed by atoms with E-state index in [1.54, 1.807) is 18.2 Å². The second-order valence-electron chi connectivity index (χ2n) is 6.99. The van der Waals surface area contributed by atoms with Crippen LogP contribution in [0.1, 0.15) is 34.9 Å². The molecule has 0 radical (unpaired) electrons. The maximum atomic E-state index is 13.0. The van der Waals surface area contributed by atoms with Crippen molar-refractivity contribution in [1.29, 1.82) is 0 Å². The molecular formula is C18H18F2N4O3. The summed E-state index contributed by atoms with van der Waals surface area (Å²) >= 11 is 0. The lowest BCUT2D eigenvalue weighted by atomic mass is 9.88. The molecule has 0 bridgehead atoms. The van der Waals surface area contributed by atoms with Crippen LogP contribution >= 0.6 is 0 Å². The van der Waals surface area contributed by atoms with Gasteiger partial charge in [-0.3, -0.25) is 14.3 Å². The van der Waals surface area contributed by atoms with E-state index >= 15 is 0 Å². The number of phenols is 1. The predicted octanol–water partition coefficient (Wildman–Crippen LogP) is 1.70. The summed E-state index contributed by atoms with van der Waals surface area (Å²) in [6.07, 6.45) is 0.794. The molecule has 1 aliphatic heterocycles. The summed E-state index contributed by atoms with van der Waals surface area (Å²) < 4.78 is 27.6. The Balaban J connectivity index is 1.52. The third kappa shape index (κ3) is 3.36. The normalized spacial score (nSPS) is 21.3. The Bertz CT molecular complexity index is 890. The average molecular weight is 376 g/mol. The van der Waals surface area contributed by atoms with Crippen molar-refractivity contribution in [2.75, 3.05) is 6.54 Å². The van der Waals surface area contributed by atoms with Crippen molar-refractivity contribution in [3.8, 4) is 5.75 Å². The molecule has 1 fully saturated rings. The number of amides is 2. The number of phenolic OH excluding ortho intramolecular Hbond substituents is 1. The number of nitrogens with one attached hydrogen (secondary N) is 1. The number of carbonyl (C=O) groups is 2. The smallest absolute Gasteiger partial charge is 0.254 e. The molecule has 2 N–H and O–H groups in total. The van der Waals surface area contributed by atoms with E-state index in [2.05, 4.69) is 10.4 Å². The first-order valence-electron chi connectivity index (χ1n) is 8.61. The number of hydrogen-bond donors (Lipinski definition) is 2. The van der Waals surface area contributed by atoms with Crippen molar-refractivity contribution >= 4 is 11.8 Å². The van der Waals surface area contributed by atoms with Gasteiger partial charge in [-0.25, -0.2) is 8.78 Å². The summed E-state index contributed by atoms with van der Waals surface area (Å²) in [6, 6.07) is 6.33. The van der Waals surface area contributed by atoms with E-state index in [4.69, 9.17) is 0 Å². The molecule has 142 valence electrons. The van der Waals surface area contributed by atoms with E-state index in [0.717, 1.165) is 0 Å². The molecule has 2 heterocycles. The summed E-state index contributed by atoms with van der Waals surface area (Å²) in [4.78, 5) is 26.9.